The molecule has 0 bridgehead atoms. The number of carbonyl (C=O) groups excluding carboxylic acids is 1. The second-order valence-corrected chi connectivity index (χ2v) is 5.19. The van der Waals surface area contributed by atoms with E-state index in [1.54, 1.807) is 14.0 Å². The van der Waals surface area contributed by atoms with Crippen LogP contribution in [0.5, 0.6) is 0 Å². The molecule has 1 atom stereocenters. The average Bonchev–Trinajstić information content (AvgIpc) is 2.80. The first-order chi connectivity index (χ1) is 9.53. The molecule has 2 N–H and O–H groups in total. The second kappa shape index (κ2) is 7.84. The summed E-state index contributed by atoms with van der Waals surface area (Å²) in [7, 11) is 1.72. The zero-order valence-corrected chi connectivity index (χ0v) is 13.4. The van der Waals surface area contributed by atoms with Gasteiger partial charge in [-0.25, -0.2) is 9.78 Å². The van der Waals surface area contributed by atoms with Crippen molar-refractivity contribution in [1.82, 2.24) is 15.6 Å². The van der Waals surface area contributed by atoms with Gasteiger partial charge in [0.15, 0.2) is 5.96 Å². The van der Waals surface area contributed by atoms with Crippen LogP contribution in [0.15, 0.2) is 4.99 Å². The summed E-state index contributed by atoms with van der Waals surface area (Å²) >= 11 is 1.36. The smallest absolute Gasteiger partial charge is 0.350 e. The van der Waals surface area contributed by atoms with Crippen LogP contribution in [0, 0.1) is 6.92 Å². The Morgan fingerprint density at radius 1 is 1.50 bits per heavy atom. The molecule has 0 amide bonds. The molecule has 1 aromatic heterocycles. The van der Waals surface area contributed by atoms with Gasteiger partial charge in [-0.3, -0.25) is 4.99 Å². The molecule has 1 rings (SSSR count). The first kappa shape index (κ1) is 16.4. The van der Waals surface area contributed by atoms with Crippen LogP contribution >= 0.6 is 11.3 Å². The predicted octanol–water partition coefficient (Wildman–Crippen LogP) is 1.87. The van der Waals surface area contributed by atoms with E-state index < -0.39 is 0 Å². The SMILES string of the molecule is CCNC(=NC)NC(C)c1nc(C)c(C(=O)OCC)s1. The standard InChI is InChI=1S/C13H22N4O2S/c1-6-15-13(14-5)17-9(4)11-16-8(3)10(20-11)12(18)19-7-2/h9H,6-7H2,1-5H3,(H2,14,15,17). The van der Waals surface area contributed by atoms with Crippen molar-refractivity contribution >= 4 is 23.3 Å². The summed E-state index contributed by atoms with van der Waals surface area (Å²) in [5.41, 5.74) is 0.704. The Labute approximate surface area is 123 Å². The molecule has 0 fully saturated rings. The van der Waals surface area contributed by atoms with Gasteiger partial charge in [-0.2, -0.15) is 0 Å². The number of rotatable bonds is 5. The van der Waals surface area contributed by atoms with E-state index in [1.807, 2.05) is 20.8 Å². The molecule has 0 aromatic carbocycles. The molecule has 112 valence electrons. The lowest BCUT2D eigenvalue weighted by molar-refractivity contribution is 0.0531. The van der Waals surface area contributed by atoms with Crippen LogP contribution in [-0.4, -0.2) is 37.1 Å². The number of nitrogens with one attached hydrogen (secondary N) is 2. The maximum atomic E-state index is 11.8. The van der Waals surface area contributed by atoms with Crippen molar-refractivity contribution in [3.63, 3.8) is 0 Å². The zero-order valence-electron chi connectivity index (χ0n) is 12.6. The van der Waals surface area contributed by atoms with Gasteiger partial charge in [0.2, 0.25) is 0 Å². The highest BCUT2D eigenvalue weighted by atomic mass is 32.1. The van der Waals surface area contributed by atoms with E-state index in [4.69, 9.17) is 4.74 Å². The number of aromatic nitrogens is 1. The van der Waals surface area contributed by atoms with Gasteiger partial charge < -0.3 is 15.4 Å². The maximum absolute atomic E-state index is 11.8. The fraction of sp³-hybridized carbons (Fsp3) is 0.615. The summed E-state index contributed by atoms with van der Waals surface area (Å²) < 4.78 is 5.02. The highest BCUT2D eigenvalue weighted by Gasteiger charge is 2.19. The van der Waals surface area contributed by atoms with Crippen LogP contribution in [-0.2, 0) is 4.74 Å². The van der Waals surface area contributed by atoms with E-state index in [0.717, 1.165) is 11.6 Å². The Hall–Kier alpha value is -1.63. The van der Waals surface area contributed by atoms with Gasteiger partial charge in [-0.15, -0.1) is 11.3 Å². The number of guanidine groups is 1. The number of carbonyl (C=O) groups is 1. The fourth-order valence-corrected chi connectivity index (χ4v) is 2.58. The Balaban J connectivity index is 2.82. The quantitative estimate of drug-likeness (QED) is 0.493. The highest BCUT2D eigenvalue weighted by Crippen LogP contribution is 2.24. The van der Waals surface area contributed by atoms with Gasteiger partial charge in [0.25, 0.3) is 0 Å². The van der Waals surface area contributed by atoms with Crippen LogP contribution in [0.25, 0.3) is 0 Å². The van der Waals surface area contributed by atoms with Crippen LogP contribution < -0.4 is 10.6 Å². The maximum Gasteiger partial charge on any atom is 0.350 e. The first-order valence-corrected chi connectivity index (χ1v) is 7.46. The molecule has 20 heavy (non-hydrogen) atoms. The number of ether oxygens (including phenoxy) is 1. The molecule has 0 radical (unpaired) electrons. The summed E-state index contributed by atoms with van der Waals surface area (Å²) in [5, 5.41) is 7.19. The minimum atomic E-state index is -0.308. The Morgan fingerprint density at radius 3 is 2.75 bits per heavy atom. The molecule has 1 aromatic rings. The zero-order chi connectivity index (χ0) is 15.1. The number of aryl methyl sites for hydroxylation is 1. The van der Waals surface area contributed by atoms with Crippen molar-refractivity contribution < 1.29 is 9.53 Å². The lowest BCUT2D eigenvalue weighted by Gasteiger charge is -2.15. The van der Waals surface area contributed by atoms with Gasteiger partial charge in [0.1, 0.15) is 9.88 Å². The normalized spacial score (nSPS) is 12.9. The summed E-state index contributed by atoms with van der Waals surface area (Å²) in [6.07, 6.45) is 0. The molecule has 7 heteroatoms. The summed E-state index contributed by atoms with van der Waals surface area (Å²) in [6, 6.07) is -0.0281. The lowest BCUT2D eigenvalue weighted by atomic mass is 10.3. The van der Waals surface area contributed by atoms with Crippen LogP contribution in [0.3, 0.4) is 0 Å². The number of thiazole rings is 1. The Bertz CT molecular complexity index is 485. The summed E-state index contributed by atoms with van der Waals surface area (Å²) in [5.74, 6) is 0.405. The third-order valence-electron chi connectivity index (χ3n) is 2.57. The van der Waals surface area contributed by atoms with Crippen molar-refractivity contribution in [2.24, 2.45) is 4.99 Å². The van der Waals surface area contributed by atoms with Crippen molar-refractivity contribution in [1.29, 1.82) is 0 Å². The number of hydrogen-bond donors (Lipinski definition) is 2. The van der Waals surface area contributed by atoms with Gasteiger partial charge in [0, 0.05) is 13.6 Å². The highest BCUT2D eigenvalue weighted by molar-refractivity contribution is 7.13. The Morgan fingerprint density at radius 2 is 2.20 bits per heavy atom. The monoisotopic (exact) mass is 298 g/mol. The van der Waals surface area contributed by atoms with Crippen LogP contribution in [0.2, 0.25) is 0 Å². The van der Waals surface area contributed by atoms with E-state index in [2.05, 4.69) is 20.6 Å². The minimum absolute atomic E-state index is 0.0281. The van der Waals surface area contributed by atoms with E-state index >= 15 is 0 Å². The number of nitrogens with zero attached hydrogens (tertiary/aromatic N) is 2. The second-order valence-electron chi connectivity index (χ2n) is 4.16. The van der Waals surface area contributed by atoms with Gasteiger partial charge in [0.05, 0.1) is 18.3 Å². The van der Waals surface area contributed by atoms with Crippen LogP contribution in [0.1, 0.15) is 47.2 Å². The fourth-order valence-electron chi connectivity index (χ4n) is 1.62. The van der Waals surface area contributed by atoms with E-state index in [9.17, 15) is 4.79 Å². The molecule has 0 aliphatic rings. The number of hydrogen-bond acceptors (Lipinski definition) is 5. The van der Waals surface area contributed by atoms with Crippen molar-refractivity contribution in [2.45, 2.75) is 33.7 Å². The summed E-state index contributed by atoms with van der Waals surface area (Å²) in [4.78, 5) is 20.9. The molecule has 1 heterocycles. The molecule has 0 aliphatic heterocycles. The minimum Gasteiger partial charge on any atom is -0.462 e. The molecule has 0 saturated carbocycles. The van der Waals surface area contributed by atoms with Crippen molar-refractivity contribution in [3.8, 4) is 0 Å². The molecule has 0 saturated heterocycles. The third kappa shape index (κ3) is 4.19. The molecule has 1 unspecified atom stereocenters. The molecule has 0 spiro atoms. The average molecular weight is 298 g/mol. The molecule has 0 aliphatic carbocycles. The third-order valence-corrected chi connectivity index (χ3v) is 3.89. The molecule has 6 nitrogen and oxygen atoms in total. The van der Waals surface area contributed by atoms with Gasteiger partial charge in [-0.1, -0.05) is 0 Å². The van der Waals surface area contributed by atoms with E-state index in [-0.39, 0.29) is 12.0 Å². The van der Waals surface area contributed by atoms with E-state index in [0.29, 0.717) is 23.1 Å². The van der Waals surface area contributed by atoms with Crippen LogP contribution in [0.4, 0.5) is 0 Å². The number of aliphatic imine (C=N–C) groups is 1. The number of esters is 1. The molecular weight excluding hydrogens is 276 g/mol. The summed E-state index contributed by atoms with van der Waals surface area (Å²) in [6.45, 7) is 8.75. The van der Waals surface area contributed by atoms with Gasteiger partial charge >= 0.3 is 5.97 Å². The van der Waals surface area contributed by atoms with Crippen molar-refractivity contribution in [3.05, 3.63) is 15.6 Å². The topological polar surface area (TPSA) is 75.6 Å². The van der Waals surface area contributed by atoms with E-state index in [1.165, 1.54) is 11.3 Å². The first-order valence-electron chi connectivity index (χ1n) is 6.65. The van der Waals surface area contributed by atoms with Crippen molar-refractivity contribution in [2.75, 3.05) is 20.2 Å². The largest absolute Gasteiger partial charge is 0.462 e. The Kier molecular flexibility index (Phi) is 6.44. The predicted molar refractivity (Wildman–Crippen MR) is 81.4 cm³/mol. The van der Waals surface area contributed by atoms with Gasteiger partial charge in [-0.05, 0) is 27.7 Å². The molecular formula is C13H22N4O2S. The lowest BCUT2D eigenvalue weighted by Crippen LogP contribution is -2.38.